The Balaban J connectivity index is 1.75. The third kappa shape index (κ3) is 6.43. The fourth-order valence-corrected chi connectivity index (χ4v) is 2.69. The Morgan fingerprint density at radius 1 is 1.04 bits per heavy atom. The molecule has 0 fully saturated rings. The molecule has 0 heterocycles. The molecule has 134 valence electrons. The summed E-state index contributed by atoms with van der Waals surface area (Å²) in [6.45, 7) is 4.71. The molecule has 2 aromatic rings. The molecule has 0 aromatic heterocycles. The van der Waals surface area contributed by atoms with Crippen LogP contribution in [-0.4, -0.2) is 18.6 Å². The summed E-state index contributed by atoms with van der Waals surface area (Å²) in [6, 6.07) is 15.7. The van der Waals surface area contributed by atoms with Gasteiger partial charge in [0.25, 0.3) is 5.91 Å². The van der Waals surface area contributed by atoms with Gasteiger partial charge in [-0.15, -0.1) is 0 Å². The highest BCUT2D eigenvalue weighted by molar-refractivity contribution is 6.30. The zero-order chi connectivity index (χ0) is 18.1. The standard InChI is InChI=1S/C21H26ClNO2/c1-3-16-9-13-19(14-10-16)25-20(4-2)21(24)23-15-5-6-17-7-11-18(22)12-8-17/h7-14,20H,3-6,15H2,1-2H3,(H,23,24). The van der Waals surface area contributed by atoms with Crippen LogP contribution in [0.3, 0.4) is 0 Å². The Kier molecular flexibility index (Phi) is 7.80. The molecule has 1 N–H and O–H groups in total. The van der Waals surface area contributed by atoms with E-state index in [0.29, 0.717) is 13.0 Å². The molecule has 4 heteroatoms. The largest absolute Gasteiger partial charge is 0.481 e. The Morgan fingerprint density at radius 3 is 2.28 bits per heavy atom. The number of rotatable bonds is 9. The van der Waals surface area contributed by atoms with Crippen molar-refractivity contribution in [2.45, 2.75) is 45.6 Å². The number of hydrogen-bond acceptors (Lipinski definition) is 2. The van der Waals surface area contributed by atoms with Gasteiger partial charge in [0.15, 0.2) is 6.10 Å². The Morgan fingerprint density at radius 2 is 1.68 bits per heavy atom. The van der Waals surface area contributed by atoms with Gasteiger partial charge < -0.3 is 10.1 Å². The average molecular weight is 360 g/mol. The van der Waals surface area contributed by atoms with E-state index in [-0.39, 0.29) is 5.91 Å². The van der Waals surface area contributed by atoms with Crippen LogP contribution < -0.4 is 10.1 Å². The maximum Gasteiger partial charge on any atom is 0.261 e. The Hall–Kier alpha value is -2.00. The molecule has 0 radical (unpaired) electrons. The van der Waals surface area contributed by atoms with E-state index in [4.69, 9.17) is 16.3 Å². The van der Waals surface area contributed by atoms with Crippen molar-refractivity contribution in [1.82, 2.24) is 5.32 Å². The van der Waals surface area contributed by atoms with E-state index >= 15 is 0 Å². The van der Waals surface area contributed by atoms with Crippen molar-refractivity contribution in [3.8, 4) is 5.75 Å². The lowest BCUT2D eigenvalue weighted by molar-refractivity contribution is -0.128. The molecule has 2 aromatic carbocycles. The third-order valence-corrected chi connectivity index (χ3v) is 4.38. The molecule has 0 bridgehead atoms. The van der Waals surface area contributed by atoms with E-state index in [1.54, 1.807) is 0 Å². The number of halogens is 1. The smallest absolute Gasteiger partial charge is 0.261 e. The molecule has 0 saturated carbocycles. The van der Waals surface area contributed by atoms with Gasteiger partial charge in [0.1, 0.15) is 5.75 Å². The number of amides is 1. The summed E-state index contributed by atoms with van der Waals surface area (Å²) in [7, 11) is 0. The maximum absolute atomic E-state index is 12.3. The number of benzene rings is 2. The van der Waals surface area contributed by atoms with Crippen LogP contribution in [-0.2, 0) is 17.6 Å². The second kappa shape index (κ2) is 10.1. The van der Waals surface area contributed by atoms with E-state index in [1.807, 2.05) is 55.5 Å². The van der Waals surface area contributed by atoms with Crippen LogP contribution >= 0.6 is 11.6 Å². The second-order valence-corrected chi connectivity index (χ2v) is 6.47. The van der Waals surface area contributed by atoms with Crippen LogP contribution in [0.5, 0.6) is 5.75 Å². The lowest BCUT2D eigenvalue weighted by Crippen LogP contribution is -2.38. The van der Waals surface area contributed by atoms with E-state index < -0.39 is 6.10 Å². The number of aryl methyl sites for hydroxylation is 2. The molecule has 3 nitrogen and oxygen atoms in total. The van der Waals surface area contributed by atoms with Gasteiger partial charge >= 0.3 is 0 Å². The van der Waals surface area contributed by atoms with Crippen molar-refractivity contribution in [2.24, 2.45) is 0 Å². The molecular formula is C21H26ClNO2. The van der Waals surface area contributed by atoms with E-state index in [9.17, 15) is 4.79 Å². The van der Waals surface area contributed by atoms with Crippen molar-refractivity contribution >= 4 is 17.5 Å². The molecule has 0 aliphatic heterocycles. The van der Waals surface area contributed by atoms with Gasteiger partial charge in [0.05, 0.1) is 0 Å². The summed E-state index contributed by atoms with van der Waals surface area (Å²) in [6.07, 6.45) is 2.97. The second-order valence-electron chi connectivity index (χ2n) is 6.03. The number of carbonyl (C=O) groups is 1. The summed E-state index contributed by atoms with van der Waals surface area (Å²) >= 11 is 5.88. The highest BCUT2D eigenvalue weighted by atomic mass is 35.5. The predicted molar refractivity (Wildman–Crippen MR) is 103 cm³/mol. The van der Waals surface area contributed by atoms with Crippen molar-refractivity contribution in [1.29, 1.82) is 0 Å². The minimum Gasteiger partial charge on any atom is -0.481 e. The summed E-state index contributed by atoms with van der Waals surface area (Å²) < 4.78 is 5.83. The minimum atomic E-state index is -0.456. The zero-order valence-electron chi connectivity index (χ0n) is 14.9. The normalized spacial score (nSPS) is 11.8. The molecule has 1 atom stereocenters. The number of nitrogens with one attached hydrogen (secondary N) is 1. The first kappa shape index (κ1) is 19.3. The highest BCUT2D eigenvalue weighted by Crippen LogP contribution is 2.15. The van der Waals surface area contributed by atoms with Crippen LogP contribution in [0.2, 0.25) is 5.02 Å². The van der Waals surface area contributed by atoms with E-state index in [1.165, 1.54) is 11.1 Å². The Bertz CT molecular complexity index is 653. The monoisotopic (exact) mass is 359 g/mol. The molecule has 1 amide bonds. The van der Waals surface area contributed by atoms with Gasteiger partial charge in [-0.25, -0.2) is 0 Å². The molecule has 0 aliphatic carbocycles. The van der Waals surface area contributed by atoms with Crippen LogP contribution in [0.4, 0.5) is 0 Å². The summed E-state index contributed by atoms with van der Waals surface area (Å²) in [5.74, 6) is 0.679. The third-order valence-electron chi connectivity index (χ3n) is 4.13. The molecule has 0 aliphatic rings. The van der Waals surface area contributed by atoms with Crippen LogP contribution in [0.25, 0.3) is 0 Å². The highest BCUT2D eigenvalue weighted by Gasteiger charge is 2.17. The van der Waals surface area contributed by atoms with E-state index in [0.717, 1.165) is 30.0 Å². The SMILES string of the molecule is CCc1ccc(OC(CC)C(=O)NCCCc2ccc(Cl)cc2)cc1. The quantitative estimate of drug-likeness (QED) is 0.652. The minimum absolute atomic E-state index is 0.0572. The van der Waals surface area contributed by atoms with Crippen molar-refractivity contribution in [3.05, 3.63) is 64.7 Å². The molecular weight excluding hydrogens is 334 g/mol. The fraction of sp³-hybridized carbons (Fsp3) is 0.381. The maximum atomic E-state index is 12.3. The molecule has 0 saturated heterocycles. The first-order chi connectivity index (χ1) is 12.1. The molecule has 0 spiro atoms. The lowest BCUT2D eigenvalue weighted by atomic mass is 10.1. The van der Waals surface area contributed by atoms with Gasteiger partial charge in [-0.2, -0.15) is 0 Å². The van der Waals surface area contributed by atoms with Gasteiger partial charge in [-0.3, -0.25) is 4.79 Å². The molecule has 1 unspecified atom stereocenters. The van der Waals surface area contributed by atoms with Crippen LogP contribution in [0.1, 0.15) is 37.8 Å². The van der Waals surface area contributed by atoms with Crippen molar-refractivity contribution in [3.63, 3.8) is 0 Å². The first-order valence-electron chi connectivity index (χ1n) is 8.90. The van der Waals surface area contributed by atoms with Crippen molar-refractivity contribution in [2.75, 3.05) is 6.54 Å². The van der Waals surface area contributed by atoms with Gasteiger partial charge in [0, 0.05) is 11.6 Å². The van der Waals surface area contributed by atoms with Crippen LogP contribution in [0.15, 0.2) is 48.5 Å². The topological polar surface area (TPSA) is 38.3 Å². The number of carbonyl (C=O) groups excluding carboxylic acids is 1. The number of ether oxygens (including phenoxy) is 1. The zero-order valence-corrected chi connectivity index (χ0v) is 15.7. The summed E-state index contributed by atoms with van der Waals surface area (Å²) in [5.41, 5.74) is 2.48. The van der Waals surface area contributed by atoms with Gasteiger partial charge in [-0.05, 0) is 61.1 Å². The molecule has 25 heavy (non-hydrogen) atoms. The van der Waals surface area contributed by atoms with E-state index in [2.05, 4.69) is 12.2 Å². The fourth-order valence-electron chi connectivity index (χ4n) is 2.56. The van der Waals surface area contributed by atoms with Gasteiger partial charge in [-0.1, -0.05) is 49.7 Å². The van der Waals surface area contributed by atoms with Crippen LogP contribution in [0, 0.1) is 0 Å². The summed E-state index contributed by atoms with van der Waals surface area (Å²) in [5, 5.41) is 3.71. The lowest BCUT2D eigenvalue weighted by Gasteiger charge is -2.17. The van der Waals surface area contributed by atoms with Crippen molar-refractivity contribution < 1.29 is 9.53 Å². The average Bonchev–Trinajstić information content (AvgIpc) is 2.65. The summed E-state index contributed by atoms with van der Waals surface area (Å²) in [4.78, 5) is 12.3. The predicted octanol–water partition coefficient (Wildman–Crippen LogP) is 4.81. The number of hydrogen-bond donors (Lipinski definition) is 1. The van der Waals surface area contributed by atoms with Gasteiger partial charge in [0.2, 0.25) is 0 Å². The first-order valence-corrected chi connectivity index (χ1v) is 9.28. The molecule has 2 rings (SSSR count). The Labute approximate surface area is 155 Å².